The molecule has 0 aliphatic rings. The summed E-state index contributed by atoms with van der Waals surface area (Å²) in [7, 11) is 0. The average Bonchev–Trinajstić information content (AvgIpc) is 2.73. The van der Waals surface area contributed by atoms with Gasteiger partial charge in [0.1, 0.15) is 0 Å². The van der Waals surface area contributed by atoms with Gasteiger partial charge in [-0.1, -0.05) is 151 Å². The zero-order chi connectivity index (χ0) is 22.0. The van der Waals surface area contributed by atoms with E-state index in [4.69, 9.17) is 5.11 Å². The maximum Gasteiger partial charge on any atom is 0.328 e. The van der Waals surface area contributed by atoms with Gasteiger partial charge in [-0.25, -0.2) is 4.79 Å². The van der Waals surface area contributed by atoms with Crippen LogP contribution in [0.1, 0.15) is 110 Å². The third kappa shape index (κ3) is 26.2. The smallest absolute Gasteiger partial charge is 0.328 e. The van der Waals surface area contributed by atoms with E-state index in [1.165, 1.54) is 102 Å². The van der Waals surface area contributed by atoms with Gasteiger partial charge in [-0.2, -0.15) is 0 Å². The summed E-state index contributed by atoms with van der Waals surface area (Å²) in [4.78, 5) is 10.3. The maximum atomic E-state index is 10.3. The molecule has 0 bridgehead atoms. The molecule has 0 unspecified atom stereocenters. The summed E-state index contributed by atoms with van der Waals surface area (Å²) in [5.41, 5.74) is 0. The summed E-state index contributed by atoms with van der Waals surface area (Å²) in [6.45, 7) is 2.28. The summed E-state index contributed by atoms with van der Waals surface area (Å²) in [5, 5.41) is 8.44. The highest BCUT2D eigenvalue weighted by Gasteiger charge is 1.94. The molecule has 0 radical (unpaired) electrons. The van der Waals surface area contributed by atoms with Gasteiger partial charge in [-0.05, 0) is 12.8 Å². The lowest BCUT2D eigenvalue weighted by Gasteiger charge is -2.03. The fourth-order valence-corrected chi connectivity index (χ4v) is 3.33. The first kappa shape index (κ1) is 28.2. The standard InChI is InChI=1S/C28H46O2/c1-2-3-4-5-6-7-8-9-10-11-12-13-14-15-16-17-18-19-20-21-22-23-24-25-26-27-28(29)30/h18-27H,2-17H2,1H3,(H,29,30). The molecule has 0 amide bonds. The van der Waals surface area contributed by atoms with E-state index >= 15 is 0 Å². The largest absolute Gasteiger partial charge is 0.478 e. The van der Waals surface area contributed by atoms with Crippen molar-refractivity contribution >= 4 is 5.97 Å². The number of aliphatic carboxylic acids is 1. The highest BCUT2D eigenvalue weighted by atomic mass is 16.4. The van der Waals surface area contributed by atoms with Gasteiger partial charge in [0.25, 0.3) is 0 Å². The Labute approximate surface area is 186 Å². The second-order valence-electron chi connectivity index (χ2n) is 8.02. The second-order valence-corrected chi connectivity index (χ2v) is 8.02. The molecule has 0 aromatic carbocycles. The first-order valence-corrected chi connectivity index (χ1v) is 12.3. The lowest BCUT2D eigenvalue weighted by atomic mass is 10.0. The van der Waals surface area contributed by atoms with Gasteiger partial charge in [-0.3, -0.25) is 0 Å². The summed E-state index contributed by atoms with van der Waals surface area (Å²) >= 11 is 0. The number of hydrogen-bond acceptors (Lipinski definition) is 1. The molecule has 2 heteroatoms. The van der Waals surface area contributed by atoms with E-state index in [-0.39, 0.29) is 0 Å². The average molecular weight is 415 g/mol. The van der Waals surface area contributed by atoms with Gasteiger partial charge in [0, 0.05) is 6.08 Å². The van der Waals surface area contributed by atoms with Crippen molar-refractivity contribution in [2.75, 3.05) is 0 Å². The Morgan fingerprint density at radius 2 is 0.900 bits per heavy atom. The molecule has 30 heavy (non-hydrogen) atoms. The van der Waals surface area contributed by atoms with Crippen molar-refractivity contribution in [2.45, 2.75) is 110 Å². The normalized spacial score (nSPS) is 12.6. The van der Waals surface area contributed by atoms with Crippen molar-refractivity contribution in [3.8, 4) is 0 Å². The Balaban J connectivity index is 3.31. The van der Waals surface area contributed by atoms with Gasteiger partial charge in [0.15, 0.2) is 0 Å². The lowest BCUT2D eigenvalue weighted by Crippen LogP contribution is -1.84. The molecule has 0 rings (SSSR count). The van der Waals surface area contributed by atoms with Crippen molar-refractivity contribution in [3.05, 3.63) is 60.8 Å². The van der Waals surface area contributed by atoms with Crippen LogP contribution in [0.15, 0.2) is 60.8 Å². The number of carboxylic acids is 1. The van der Waals surface area contributed by atoms with Crippen molar-refractivity contribution in [3.63, 3.8) is 0 Å². The molecule has 0 aromatic rings. The van der Waals surface area contributed by atoms with Crippen molar-refractivity contribution < 1.29 is 9.90 Å². The van der Waals surface area contributed by atoms with E-state index in [9.17, 15) is 4.79 Å². The molecule has 0 saturated carbocycles. The monoisotopic (exact) mass is 414 g/mol. The number of allylic oxidation sites excluding steroid dienone is 9. The van der Waals surface area contributed by atoms with E-state index in [2.05, 4.69) is 19.1 Å². The molecule has 1 N–H and O–H groups in total. The molecule has 2 nitrogen and oxygen atoms in total. The fraction of sp³-hybridized carbons (Fsp3) is 0.607. The van der Waals surface area contributed by atoms with Crippen LogP contribution in [0.3, 0.4) is 0 Å². The number of rotatable bonds is 21. The van der Waals surface area contributed by atoms with Crippen LogP contribution in [-0.2, 0) is 4.79 Å². The van der Waals surface area contributed by atoms with Crippen LogP contribution in [0.4, 0.5) is 0 Å². The van der Waals surface area contributed by atoms with E-state index in [1.54, 1.807) is 6.08 Å². The molecule has 0 heterocycles. The Morgan fingerprint density at radius 3 is 1.33 bits per heavy atom. The Morgan fingerprint density at radius 1 is 0.533 bits per heavy atom. The minimum absolute atomic E-state index is 0.928. The quantitative estimate of drug-likeness (QED) is 0.115. The number of carboxylic acid groups (broad SMARTS) is 1. The van der Waals surface area contributed by atoms with Gasteiger partial charge < -0.3 is 5.11 Å². The molecule has 0 spiro atoms. The zero-order valence-electron chi connectivity index (χ0n) is 19.4. The van der Waals surface area contributed by atoms with Crippen LogP contribution in [0, 0.1) is 0 Å². The third-order valence-corrected chi connectivity index (χ3v) is 5.13. The first-order valence-electron chi connectivity index (χ1n) is 12.3. The molecule has 0 atom stereocenters. The van der Waals surface area contributed by atoms with Crippen LogP contribution in [0.25, 0.3) is 0 Å². The SMILES string of the molecule is CCCCCCCCCCCCCCCCCC=CC=CC=CC=CC=CC(=O)O. The predicted molar refractivity (Wildman–Crippen MR) is 133 cm³/mol. The summed E-state index contributed by atoms with van der Waals surface area (Å²) in [5.74, 6) is -0.928. The van der Waals surface area contributed by atoms with Gasteiger partial charge in [0.05, 0.1) is 0 Å². The van der Waals surface area contributed by atoms with Crippen LogP contribution >= 0.6 is 0 Å². The topological polar surface area (TPSA) is 37.3 Å². The van der Waals surface area contributed by atoms with Crippen LogP contribution in [-0.4, -0.2) is 11.1 Å². The molecule has 0 fully saturated rings. The van der Waals surface area contributed by atoms with Gasteiger partial charge in [0.2, 0.25) is 0 Å². The van der Waals surface area contributed by atoms with E-state index < -0.39 is 5.97 Å². The molecule has 170 valence electrons. The van der Waals surface area contributed by atoms with Crippen molar-refractivity contribution in [1.29, 1.82) is 0 Å². The summed E-state index contributed by atoms with van der Waals surface area (Å²) in [6.07, 6.45) is 40.6. The van der Waals surface area contributed by atoms with Crippen LogP contribution < -0.4 is 0 Å². The summed E-state index contributed by atoms with van der Waals surface area (Å²) in [6, 6.07) is 0. The minimum atomic E-state index is -0.928. The number of hydrogen-bond donors (Lipinski definition) is 1. The molecular weight excluding hydrogens is 368 g/mol. The van der Waals surface area contributed by atoms with E-state index in [0.717, 1.165) is 12.5 Å². The Bertz CT molecular complexity index is 509. The van der Waals surface area contributed by atoms with Gasteiger partial charge >= 0.3 is 5.97 Å². The molecule has 0 aliphatic heterocycles. The highest BCUT2D eigenvalue weighted by molar-refractivity contribution is 5.80. The minimum Gasteiger partial charge on any atom is -0.478 e. The molecule has 0 saturated heterocycles. The molecule has 0 aliphatic carbocycles. The fourth-order valence-electron chi connectivity index (χ4n) is 3.33. The van der Waals surface area contributed by atoms with Crippen molar-refractivity contribution in [1.82, 2.24) is 0 Å². The van der Waals surface area contributed by atoms with E-state index in [0.29, 0.717) is 0 Å². The van der Waals surface area contributed by atoms with Crippen molar-refractivity contribution in [2.24, 2.45) is 0 Å². The Hall–Kier alpha value is -1.83. The lowest BCUT2D eigenvalue weighted by molar-refractivity contribution is -0.131. The van der Waals surface area contributed by atoms with Crippen LogP contribution in [0.2, 0.25) is 0 Å². The second kappa shape index (κ2) is 25.2. The zero-order valence-corrected chi connectivity index (χ0v) is 19.4. The maximum absolute atomic E-state index is 10.3. The van der Waals surface area contributed by atoms with Gasteiger partial charge in [-0.15, -0.1) is 0 Å². The third-order valence-electron chi connectivity index (χ3n) is 5.13. The first-order chi connectivity index (χ1) is 14.8. The van der Waals surface area contributed by atoms with Crippen LogP contribution in [0.5, 0.6) is 0 Å². The molecule has 0 aromatic heterocycles. The highest BCUT2D eigenvalue weighted by Crippen LogP contribution is 2.13. The number of unbranched alkanes of at least 4 members (excludes halogenated alkanes) is 15. The predicted octanol–water partition coefficient (Wildman–Crippen LogP) is 9.11. The summed E-state index contributed by atoms with van der Waals surface area (Å²) < 4.78 is 0. The molecular formula is C28H46O2. The number of carbonyl (C=O) groups is 1. The Kier molecular flexibility index (Phi) is 23.7. The van der Waals surface area contributed by atoms with E-state index in [1.807, 2.05) is 30.4 Å².